The van der Waals surface area contributed by atoms with Crippen LogP contribution in [0.4, 0.5) is 0 Å². The van der Waals surface area contributed by atoms with Crippen LogP contribution in [0, 0.1) is 18.3 Å². The number of rotatable bonds is 2. The molecule has 0 saturated carbocycles. The first-order valence-electron chi connectivity index (χ1n) is 2.46. The second-order valence-corrected chi connectivity index (χ2v) is 1.74. The van der Waals surface area contributed by atoms with Gasteiger partial charge in [0, 0.05) is 0 Å². The molecule has 2 N–H and O–H groups in total. The van der Waals surface area contributed by atoms with Gasteiger partial charge in [0.05, 0.1) is 5.92 Å². The van der Waals surface area contributed by atoms with Crippen LogP contribution in [0.25, 0.3) is 0 Å². The molecule has 0 amide bonds. The first-order valence-corrected chi connectivity index (χ1v) is 2.46. The highest BCUT2D eigenvalue weighted by Crippen LogP contribution is 2.00. The normalized spacial score (nSPS) is 15.7. The van der Waals surface area contributed by atoms with Crippen molar-refractivity contribution in [3.05, 3.63) is 0 Å². The third-order valence-electron chi connectivity index (χ3n) is 1.03. The van der Waals surface area contributed by atoms with Crippen LogP contribution < -0.4 is 0 Å². The van der Waals surface area contributed by atoms with E-state index < -0.39 is 18.0 Å². The highest BCUT2D eigenvalue weighted by atomic mass is 16.4. The van der Waals surface area contributed by atoms with Gasteiger partial charge in [-0.05, 0) is 6.92 Å². The number of hydrogen-bond donors (Lipinski definition) is 2. The minimum absolute atomic E-state index is 0.880. The van der Waals surface area contributed by atoms with Crippen molar-refractivity contribution in [2.24, 2.45) is 5.92 Å². The maximum atomic E-state index is 10.0. The van der Waals surface area contributed by atoms with Crippen molar-refractivity contribution >= 4 is 5.97 Å². The summed E-state index contributed by atoms with van der Waals surface area (Å²) in [7, 11) is 0. The van der Waals surface area contributed by atoms with E-state index >= 15 is 0 Å². The second kappa shape index (κ2) is 3.10. The lowest BCUT2D eigenvalue weighted by molar-refractivity contribution is -0.143. The van der Waals surface area contributed by atoms with Gasteiger partial charge in [0.1, 0.15) is 6.10 Å². The Kier molecular flexibility index (Phi) is 2.75. The molecule has 0 rings (SSSR count). The lowest BCUT2D eigenvalue weighted by Gasteiger charge is -2.06. The Balaban J connectivity index is 3.91. The fourth-order valence-corrected chi connectivity index (χ4v) is 0.279. The van der Waals surface area contributed by atoms with Crippen molar-refractivity contribution in [1.29, 1.82) is 0 Å². The third-order valence-corrected chi connectivity index (χ3v) is 1.03. The van der Waals surface area contributed by atoms with Gasteiger partial charge in [-0.25, -0.2) is 0 Å². The van der Waals surface area contributed by atoms with Crippen molar-refractivity contribution in [2.75, 3.05) is 0 Å². The van der Waals surface area contributed by atoms with Crippen LogP contribution in [0.15, 0.2) is 0 Å². The van der Waals surface area contributed by atoms with Crippen molar-refractivity contribution in [1.82, 2.24) is 0 Å². The van der Waals surface area contributed by atoms with Crippen LogP contribution >= 0.6 is 0 Å². The number of aliphatic hydroxyl groups excluding tert-OH is 1. The number of carboxylic acid groups (broad SMARTS) is 1. The molecular weight excluding hydrogens is 120 g/mol. The van der Waals surface area contributed by atoms with E-state index in [9.17, 15) is 4.79 Å². The number of carbonyl (C=O) groups is 1. The first kappa shape index (κ1) is 7.99. The Morgan fingerprint density at radius 2 is 2.22 bits per heavy atom. The van der Waals surface area contributed by atoms with Gasteiger partial charge in [0.25, 0.3) is 0 Å². The van der Waals surface area contributed by atoms with Crippen LogP contribution in [0.2, 0.25) is 0 Å². The molecule has 0 aromatic heterocycles. The van der Waals surface area contributed by atoms with Crippen molar-refractivity contribution < 1.29 is 15.0 Å². The fraction of sp³-hybridized carbons (Fsp3) is 0.500. The summed E-state index contributed by atoms with van der Waals surface area (Å²) in [5, 5.41) is 16.9. The summed E-state index contributed by atoms with van der Waals surface area (Å²) < 4.78 is 0. The predicted molar refractivity (Wildman–Crippen MR) is 31.6 cm³/mol. The topological polar surface area (TPSA) is 57.5 Å². The van der Waals surface area contributed by atoms with Gasteiger partial charge in [0.2, 0.25) is 0 Å². The van der Waals surface area contributed by atoms with E-state index in [2.05, 4.69) is 0 Å². The molecule has 50 valence electrons. The average Bonchev–Trinajstić information content (AvgIpc) is 1.84. The summed E-state index contributed by atoms with van der Waals surface area (Å²) in [6.45, 7) is 1.35. The van der Waals surface area contributed by atoms with E-state index in [1.165, 1.54) is 6.92 Å². The summed E-state index contributed by atoms with van der Waals surface area (Å²) in [4.78, 5) is 10.0. The highest BCUT2D eigenvalue weighted by molar-refractivity contribution is 5.70. The Morgan fingerprint density at radius 1 is 1.78 bits per heavy atom. The quantitative estimate of drug-likeness (QED) is 0.502. The molecule has 2 unspecified atom stereocenters. The standard InChI is InChI=1S/C6H8O3/c1-3-5(7)4(2)6(8)9/h1,4-5,7H,2H3,(H,8,9). The van der Waals surface area contributed by atoms with Gasteiger partial charge in [-0.2, -0.15) is 0 Å². The maximum Gasteiger partial charge on any atom is 0.309 e. The minimum atomic E-state index is -1.18. The zero-order valence-corrected chi connectivity index (χ0v) is 5.03. The third kappa shape index (κ3) is 2.15. The molecule has 0 fully saturated rings. The molecule has 2 atom stereocenters. The molecule has 0 spiro atoms. The molecule has 3 nitrogen and oxygen atoms in total. The predicted octanol–water partition coefficient (Wildman–Crippen LogP) is -0.299. The SMILES string of the molecule is C#CC(O)C(C)C(=O)O. The molecule has 0 bridgehead atoms. The molecule has 3 heteroatoms. The molecule has 0 saturated heterocycles. The molecule has 0 aliphatic heterocycles. The zero-order chi connectivity index (χ0) is 7.44. The zero-order valence-electron chi connectivity index (χ0n) is 5.03. The molecule has 0 heterocycles. The van der Waals surface area contributed by atoms with Crippen LogP contribution in [0.3, 0.4) is 0 Å². The average molecular weight is 128 g/mol. The summed E-state index contributed by atoms with van der Waals surface area (Å²) >= 11 is 0. The van der Waals surface area contributed by atoms with Gasteiger partial charge in [-0.1, -0.05) is 5.92 Å². The summed E-state index contributed by atoms with van der Waals surface area (Å²) in [6, 6.07) is 0. The van der Waals surface area contributed by atoms with Gasteiger partial charge in [0.15, 0.2) is 0 Å². The minimum Gasteiger partial charge on any atom is -0.481 e. The van der Waals surface area contributed by atoms with Gasteiger partial charge in [-0.3, -0.25) is 4.79 Å². The van der Waals surface area contributed by atoms with E-state index in [1.54, 1.807) is 0 Å². The number of carboxylic acids is 1. The molecule has 0 aromatic rings. The molecule has 0 aromatic carbocycles. The molecule has 0 aliphatic rings. The fourth-order valence-electron chi connectivity index (χ4n) is 0.279. The van der Waals surface area contributed by atoms with E-state index in [0.717, 1.165) is 0 Å². The summed E-state index contributed by atoms with van der Waals surface area (Å²) in [5.41, 5.74) is 0. The molecular formula is C6H8O3. The molecule has 0 aliphatic carbocycles. The highest BCUT2D eigenvalue weighted by Gasteiger charge is 2.18. The lowest BCUT2D eigenvalue weighted by atomic mass is 10.1. The van der Waals surface area contributed by atoms with Gasteiger partial charge >= 0.3 is 5.97 Å². The van der Waals surface area contributed by atoms with E-state index in [4.69, 9.17) is 16.6 Å². The smallest absolute Gasteiger partial charge is 0.309 e. The largest absolute Gasteiger partial charge is 0.481 e. The van der Waals surface area contributed by atoms with E-state index in [-0.39, 0.29) is 0 Å². The van der Waals surface area contributed by atoms with Gasteiger partial charge < -0.3 is 10.2 Å². The van der Waals surface area contributed by atoms with Crippen LogP contribution in [-0.4, -0.2) is 22.3 Å². The Bertz CT molecular complexity index is 145. The van der Waals surface area contributed by atoms with Crippen molar-refractivity contribution in [3.8, 4) is 12.3 Å². The van der Waals surface area contributed by atoms with Crippen LogP contribution in [-0.2, 0) is 4.79 Å². The van der Waals surface area contributed by atoms with Crippen molar-refractivity contribution in [2.45, 2.75) is 13.0 Å². The lowest BCUT2D eigenvalue weighted by Crippen LogP contribution is -2.23. The van der Waals surface area contributed by atoms with Crippen LogP contribution in [0.5, 0.6) is 0 Å². The Hall–Kier alpha value is -1.01. The number of hydrogen-bond acceptors (Lipinski definition) is 2. The second-order valence-electron chi connectivity index (χ2n) is 1.74. The van der Waals surface area contributed by atoms with Crippen LogP contribution in [0.1, 0.15) is 6.92 Å². The number of aliphatic hydroxyl groups is 1. The van der Waals surface area contributed by atoms with E-state index in [0.29, 0.717) is 0 Å². The first-order chi connectivity index (χ1) is 4.09. The number of aliphatic carboxylic acids is 1. The summed E-state index contributed by atoms with van der Waals surface area (Å²) in [6.07, 6.45) is 3.57. The van der Waals surface area contributed by atoms with E-state index in [1.807, 2.05) is 5.92 Å². The monoisotopic (exact) mass is 128 g/mol. The number of terminal acetylenes is 1. The maximum absolute atomic E-state index is 10.0. The molecule has 9 heavy (non-hydrogen) atoms. The Labute approximate surface area is 53.3 Å². The summed E-state index contributed by atoms with van der Waals surface area (Å²) in [5.74, 6) is -0.0418. The van der Waals surface area contributed by atoms with Gasteiger partial charge in [-0.15, -0.1) is 6.42 Å². The Morgan fingerprint density at radius 3 is 2.33 bits per heavy atom. The molecule has 0 radical (unpaired) electrons. The van der Waals surface area contributed by atoms with Crippen molar-refractivity contribution in [3.63, 3.8) is 0 Å².